The molecular formula is C19H21N5O2S. The lowest BCUT2D eigenvalue weighted by Crippen LogP contribution is -2.49. The summed E-state index contributed by atoms with van der Waals surface area (Å²) in [6, 6.07) is 7.59. The van der Waals surface area contributed by atoms with Crippen LogP contribution in [-0.4, -0.2) is 52.1 Å². The number of methoxy groups -OCH3 is 1. The molecule has 1 saturated heterocycles. The third kappa shape index (κ3) is 3.45. The zero-order valence-electron chi connectivity index (χ0n) is 15.3. The third-order valence-corrected chi connectivity index (χ3v) is 5.61. The molecule has 0 aliphatic carbocycles. The van der Waals surface area contributed by atoms with Gasteiger partial charge in [-0.1, -0.05) is 0 Å². The first-order chi connectivity index (χ1) is 13.2. The van der Waals surface area contributed by atoms with Crippen LogP contribution in [0.1, 0.15) is 22.4 Å². The lowest BCUT2D eigenvalue weighted by atomic mass is 10.1. The molecule has 1 unspecified atom stereocenters. The molecule has 1 aliphatic heterocycles. The van der Waals surface area contributed by atoms with Crippen molar-refractivity contribution in [1.82, 2.24) is 24.8 Å². The highest BCUT2D eigenvalue weighted by molar-refractivity contribution is 7.13. The van der Waals surface area contributed by atoms with Gasteiger partial charge in [0.25, 0.3) is 5.91 Å². The average Bonchev–Trinajstić information content (AvgIpc) is 3.37. The van der Waals surface area contributed by atoms with Gasteiger partial charge in [-0.25, -0.2) is 9.97 Å². The van der Waals surface area contributed by atoms with Crippen LogP contribution in [-0.2, 0) is 7.05 Å². The van der Waals surface area contributed by atoms with E-state index in [4.69, 9.17) is 4.74 Å². The van der Waals surface area contributed by atoms with Crippen molar-refractivity contribution in [2.24, 2.45) is 7.05 Å². The summed E-state index contributed by atoms with van der Waals surface area (Å²) in [5.74, 6) is 1.62. The number of ether oxygens (including phenoxy) is 1. The van der Waals surface area contributed by atoms with Gasteiger partial charge in [-0.2, -0.15) is 0 Å². The van der Waals surface area contributed by atoms with Crippen LogP contribution in [0.3, 0.4) is 0 Å². The van der Waals surface area contributed by atoms with Crippen molar-refractivity contribution in [3.8, 4) is 16.3 Å². The summed E-state index contributed by atoms with van der Waals surface area (Å²) in [6.45, 7) is 2.08. The largest absolute Gasteiger partial charge is 0.497 e. The van der Waals surface area contributed by atoms with Gasteiger partial charge in [-0.15, -0.1) is 11.3 Å². The summed E-state index contributed by atoms with van der Waals surface area (Å²) in [4.78, 5) is 24.0. The molecule has 0 radical (unpaired) electrons. The second-order valence-corrected chi connectivity index (χ2v) is 7.24. The van der Waals surface area contributed by atoms with Gasteiger partial charge in [0.15, 0.2) is 0 Å². The number of piperazine rings is 1. The average molecular weight is 383 g/mol. The van der Waals surface area contributed by atoms with Crippen molar-refractivity contribution in [3.63, 3.8) is 0 Å². The number of aromatic nitrogens is 3. The monoisotopic (exact) mass is 383 g/mol. The predicted octanol–water partition coefficient (Wildman–Crippen LogP) is 2.34. The Balaban J connectivity index is 1.58. The van der Waals surface area contributed by atoms with Crippen molar-refractivity contribution in [2.75, 3.05) is 26.7 Å². The third-order valence-electron chi connectivity index (χ3n) is 4.72. The van der Waals surface area contributed by atoms with Crippen molar-refractivity contribution >= 4 is 17.2 Å². The Morgan fingerprint density at radius 3 is 2.85 bits per heavy atom. The molecule has 0 spiro atoms. The summed E-state index contributed by atoms with van der Waals surface area (Å²) in [5, 5.41) is 6.01. The fourth-order valence-corrected chi connectivity index (χ4v) is 4.06. The lowest BCUT2D eigenvalue weighted by molar-refractivity contribution is 0.0615. The van der Waals surface area contributed by atoms with Crippen molar-refractivity contribution in [2.45, 2.75) is 6.04 Å². The summed E-state index contributed by atoms with van der Waals surface area (Å²) in [5.41, 5.74) is 1.45. The van der Waals surface area contributed by atoms with Crippen LogP contribution in [0.25, 0.3) is 10.6 Å². The van der Waals surface area contributed by atoms with Crippen LogP contribution < -0.4 is 10.1 Å². The van der Waals surface area contributed by atoms with E-state index in [2.05, 4.69) is 15.3 Å². The normalized spacial score (nSPS) is 17.1. The summed E-state index contributed by atoms with van der Waals surface area (Å²) in [7, 11) is 3.59. The predicted molar refractivity (Wildman–Crippen MR) is 104 cm³/mol. The molecule has 8 heteroatoms. The minimum Gasteiger partial charge on any atom is -0.497 e. The van der Waals surface area contributed by atoms with Gasteiger partial charge in [0.05, 0.1) is 7.11 Å². The second kappa shape index (κ2) is 7.50. The number of aryl methyl sites for hydroxylation is 1. The Labute approximate surface area is 161 Å². The zero-order chi connectivity index (χ0) is 18.8. The molecule has 0 saturated carbocycles. The number of nitrogens with zero attached hydrogens (tertiary/aromatic N) is 4. The van der Waals surface area contributed by atoms with E-state index in [1.54, 1.807) is 13.3 Å². The van der Waals surface area contributed by atoms with Gasteiger partial charge < -0.3 is 19.5 Å². The molecule has 0 bridgehead atoms. The number of amides is 1. The molecular weight excluding hydrogens is 362 g/mol. The molecule has 1 atom stereocenters. The first kappa shape index (κ1) is 17.7. The van der Waals surface area contributed by atoms with Crippen LogP contribution in [0.2, 0.25) is 0 Å². The maximum Gasteiger partial charge on any atom is 0.274 e. The Bertz CT molecular complexity index is 934. The van der Waals surface area contributed by atoms with Crippen LogP contribution in [0.5, 0.6) is 5.75 Å². The summed E-state index contributed by atoms with van der Waals surface area (Å²) >= 11 is 1.47. The van der Waals surface area contributed by atoms with E-state index < -0.39 is 0 Å². The summed E-state index contributed by atoms with van der Waals surface area (Å²) in [6.07, 6.45) is 3.66. The number of imidazole rings is 1. The van der Waals surface area contributed by atoms with Crippen molar-refractivity contribution in [3.05, 3.63) is 53.6 Å². The second-order valence-electron chi connectivity index (χ2n) is 6.38. The van der Waals surface area contributed by atoms with Crippen molar-refractivity contribution in [1.29, 1.82) is 0 Å². The smallest absolute Gasteiger partial charge is 0.274 e. The first-order valence-electron chi connectivity index (χ1n) is 8.76. The van der Waals surface area contributed by atoms with E-state index in [1.165, 1.54) is 11.3 Å². The number of benzene rings is 1. The van der Waals surface area contributed by atoms with Crippen molar-refractivity contribution < 1.29 is 9.53 Å². The van der Waals surface area contributed by atoms with Crippen LogP contribution in [0.15, 0.2) is 42.0 Å². The van der Waals surface area contributed by atoms with E-state index in [1.807, 2.05) is 52.4 Å². The van der Waals surface area contributed by atoms with Crippen LogP contribution in [0, 0.1) is 0 Å². The first-order valence-corrected chi connectivity index (χ1v) is 9.64. The van der Waals surface area contributed by atoms with Gasteiger partial charge >= 0.3 is 0 Å². The minimum atomic E-state index is -0.0996. The Kier molecular flexibility index (Phi) is 4.91. The zero-order valence-corrected chi connectivity index (χ0v) is 16.1. The molecule has 1 fully saturated rings. The van der Waals surface area contributed by atoms with E-state index in [-0.39, 0.29) is 11.9 Å². The molecule has 1 N–H and O–H groups in total. The highest BCUT2D eigenvalue weighted by atomic mass is 32.1. The maximum atomic E-state index is 13.1. The number of carbonyl (C=O) groups excluding carboxylic acids is 1. The maximum absolute atomic E-state index is 13.1. The fourth-order valence-electron chi connectivity index (χ4n) is 3.26. The SMILES string of the molecule is COc1ccc(-c2nc(C(=O)N3CCNCC3c3nccn3C)cs2)cc1. The Hall–Kier alpha value is -2.71. The Morgan fingerprint density at radius 2 is 2.15 bits per heavy atom. The number of carbonyl (C=O) groups is 1. The molecule has 1 aromatic carbocycles. The van der Waals surface area contributed by atoms with E-state index in [9.17, 15) is 4.79 Å². The molecule has 4 rings (SSSR count). The summed E-state index contributed by atoms with van der Waals surface area (Å²) < 4.78 is 7.15. The molecule has 1 aliphatic rings. The number of rotatable bonds is 4. The molecule has 1 amide bonds. The van der Waals surface area contributed by atoms with Gasteiger partial charge in [0.1, 0.15) is 28.3 Å². The molecule has 3 heterocycles. The quantitative estimate of drug-likeness (QED) is 0.749. The number of hydrogen-bond acceptors (Lipinski definition) is 6. The standard InChI is InChI=1S/C19H21N5O2S/c1-23-9-8-21-17(23)16-11-20-7-10-24(16)19(25)15-12-27-18(22-15)13-3-5-14(26-2)6-4-13/h3-6,8-9,12,16,20H,7,10-11H2,1-2H3. The van der Waals surface area contributed by atoms with E-state index in [0.717, 1.165) is 28.7 Å². The topological polar surface area (TPSA) is 72.3 Å². The van der Waals surface area contributed by atoms with Gasteiger partial charge in [-0.05, 0) is 24.3 Å². The number of thiazole rings is 1. The molecule has 7 nitrogen and oxygen atoms in total. The molecule has 2 aromatic heterocycles. The van der Waals surface area contributed by atoms with Gasteiger partial charge in [-0.3, -0.25) is 4.79 Å². The molecule has 140 valence electrons. The van der Waals surface area contributed by atoms with E-state index in [0.29, 0.717) is 18.8 Å². The fraction of sp³-hybridized carbons (Fsp3) is 0.316. The van der Waals surface area contributed by atoms with Crippen LogP contribution >= 0.6 is 11.3 Å². The highest BCUT2D eigenvalue weighted by Crippen LogP contribution is 2.28. The molecule has 27 heavy (non-hydrogen) atoms. The van der Waals surface area contributed by atoms with Gasteiger partial charge in [0, 0.05) is 50.0 Å². The Morgan fingerprint density at radius 1 is 1.33 bits per heavy atom. The van der Waals surface area contributed by atoms with Crippen LogP contribution in [0.4, 0.5) is 0 Å². The van der Waals surface area contributed by atoms with Gasteiger partial charge in [0.2, 0.25) is 0 Å². The minimum absolute atomic E-state index is 0.0551. The number of hydrogen-bond donors (Lipinski definition) is 1. The number of nitrogens with one attached hydrogen (secondary N) is 1. The molecule has 3 aromatic rings. The lowest BCUT2D eigenvalue weighted by Gasteiger charge is -2.35. The van der Waals surface area contributed by atoms with E-state index >= 15 is 0 Å². The highest BCUT2D eigenvalue weighted by Gasteiger charge is 2.32.